The highest BCUT2D eigenvalue weighted by Crippen LogP contribution is 2.30. The van der Waals surface area contributed by atoms with E-state index in [4.69, 9.17) is 0 Å². The maximum Gasteiger partial charge on any atom is 0.222 e. The molecule has 0 spiro atoms. The highest BCUT2D eigenvalue weighted by molar-refractivity contribution is 7.98. The van der Waals surface area contributed by atoms with Crippen LogP contribution < -0.4 is 10.6 Å². The van der Waals surface area contributed by atoms with Crippen LogP contribution in [0.5, 0.6) is 0 Å². The molecule has 1 aliphatic carbocycles. The van der Waals surface area contributed by atoms with Gasteiger partial charge in [0.05, 0.1) is 0 Å². The standard InChI is InChI=1S/C14H28N2OS/c1-4-12(11-18-3)16-13(17)10-14(15-2)8-6-5-7-9-14/h12,15H,4-11H2,1-3H3,(H,16,17). The summed E-state index contributed by atoms with van der Waals surface area (Å²) in [5.74, 6) is 1.22. The van der Waals surface area contributed by atoms with Gasteiger partial charge < -0.3 is 10.6 Å². The van der Waals surface area contributed by atoms with E-state index in [1.807, 2.05) is 7.05 Å². The molecule has 3 nitrogen and oxygen atoms in total. The van der Waals surface area contributed by atoms with Crippen LogP contribution in [-0.4, -0.2) is 36.5 Å². The van der Waals surface area contributed by atoms with E-state index in [2.05, 4.69) is 23.8 Å². The molecule has 1 saturated carbocycles. The molecule has 0 bridgehead atoms. The number of nitrogens with one attached hydrogen (secondary N) is 2. The summed E-state index contributed by atoms with van der Waals surface area (Å²) in [5, 5.41) is 6.58. The molecule has 0 aromatic carbocycles. The molecule has 0 radical (unpaired) electrons. The Kier molecular flexibility index (Phi) is 7.08. The molecule has 0 aromatic rings. The minimum atomic E-state index is 0.0555. The first-order valence-corrected chi connectivity index (χ1v) is 8.52. The summed E-state index contributed by atoms with van der Waals surface area (Å²) in [6, 6.07) is 0.324. The SMILES string of the molecule is CCC(CSC)NC(=O)CC1(NC)CCCCC1. The van der Waals surface area contributed by atoms with Gasteiger partial charge in [0, 0.05) is 23.8 Å². The zero-order chi connectivity index (χ0) is 13.4. The predicted molar refractivity (Wildman–Crippen MR) is 80.1 cm³/mol. The maximum absolute atomic E-state index is 12.2. The van der Waals surface area contributed by atoms with Crippen molar-refractivity contribution in [3.8, 4) is 0 Å². The molecule has 1 unspecified atom stereocenters. The molecule has 106 valence electrons. The van der Waals surface area contributed by atoms with Gasteiger partial charge in [-0.05, 0) is 32.6 Å². The van der Waals surface area contributed by atoms with Crippen molar-refractivity contribution in [3.05, 3.63) is 0 Å². The lowest BCUT2D eigenvalue weighted by molar-refractivity contribution is -0.123. The van der Waals surface area contributed by atoms with Crippen LogP contribution in [-0.2, 0) is 4.79 Å². The summed E-state index contributed by atoms with van der Waals surface area (Å²) >= 11 is 1.80. The van der Waals surface area contributed by atoms with Crippen LogP contribution >= 0.6 is 11.8 Å². The fourth-order valence-corrected chi connectivity index (χ4v) is 3.51. The Hall–Kier alpha value is -0.220. The smallest absolute Gasteiger partial charge is 0.222 e. The number of carbonyl (C=O) groups is 1. The van der Waals surface area contributed by atoms with E-state index in [9.17, 15) is 4.79 Å². The largest absolute Gasteiger partial charge is 0.352 e. The van der Waals surface area contributed by atoms with Gasteiger partial charge in [0.15, 0.2) is 0 Å². The van der Waals surface area contributed by atoms with Gasteiger partial charge in [-0.25, -0.2) is 0 Å². The fourth-order valence-electron chi connectivity index (χ4n) is 2.79. The number of thioether (sulfide) groups is 1. The van der Waals surface area contributed by atoms with Crippen LogP contribution in [0.15, 0.2) is 0 Å². The normalized spacial score (nSPS) is 20.4. The molecule has 1 atom stereocenters. The van der Waals surface area contributed by atoms with E-state index < -0.39 is 0 Å². The van der Waals surface area contributed by atoms with E-state index in [1.165, 1.54) is 19.3 Å². The summed E-state index contributed by atoms with van der Waals surface area (Å²) in [6.07, 6.45) is 9.81. The second-order valence-corrected chi connectivity index (χ2v) is 6.31. The minimum absolute atomic E-state index is 0.0555. The third-order valence-electron chi connectivity index (χ3n) is 4.07. The molecular weight excluding hydrogens is 244 g/mol. The number of carbonyl (C=O) groups excluding carboxylic acids is 1. The molecule has 18 heavy (non-hydrogen) atoms. The first-order chi connectivity index (χ1) is 8.65. The maximum atomic E-state index is 12.2. The van der Waals surface area contributed by atoms with Crippen molar-refractivity contribution in [2.45, 2.75) is 63.5 Å². The van der Waals surface area contributed by atoms with Gasteiger partial charge in [-0.3, -0.25) is 4.79 Å². The predicted octanol–water partition coefficient (Wildman–Crippen LogP) is 2.56. The Morgan fingerprint density at radius 1 is 1.33 bits per heavy atom. The molecule has 0 aromatic heterocycles. The number of hydrogen-bond acceptors (Lipinski definition) is 3. The number of amides is 1. The molecule has 0 aliphatic heterocycles. The van der Waals surface area contributed by atoms with Crippen LogP contribution in [0.3, 0.4) is 0 Å². The van der Waals surface area contributed by atoms with Gasteiger partial charge in [-0.2, -0.15) is 11.8 Å². The Morgan fingerprint density at radius 3 is 2.50 bits per heavy atom. The van der Waals surface area contributed by atoms with Crippen molar-refractivity contribution in [2.24, 2.45) is 0 Å². The average molecular weight is 272 g/mol. The second-order valence-electron chi connectivity index (χ2n) is 5.40. The van der Waals surface area contributed by atoms with Gasteiger partial charge in [-0.1, -0.05) is 26.2 Å². The minimum Gasteiger partial charge on any atom is -0.352 e. The van der Waals surface area contributed by atoms with E-state index in [0.717, 1.165) is 25.0 Å². The molecule has 1 amide bonds. The number of rotatable bonds is 7. The van der Waals surface area contributed by atoms with Crippen LogP contribution in [0.1, 0.15) is 51.9 Å². The van der Waals surface area contributed by atoms with Gasteiger partial charge >= 0.3 is 0 Å². The molecule has 4 heteroatoms. The quantitative estimate of drug-likeness (QED) is 0.748. The zero-order valence-corrected chi connectivity index (χ0v) is 12.9. The molecule has 1 fully saturated rings. The van der Waals surface area contributed by atoms with E-state index in [-0.39, 0.29) is 11.4 Å². The summed E-state index contributed by atoms with van der Waals surface area (Å²) in [6.45, 7) is 2.13. The lowest BCUT2D eigenvalue weighted by Crippen LogP contribution is -2.49. The van der Waals surface area contributed by atoms with Crippen molar-refractivity contribution in [3.63, 3.8) is 0 Å². The first-order valence-electron chi connectivity index (χ1n) is 7.13. The lowest BCUT2D eigenvalue weighted by atomic mass is 9.79. The van der Waals surface area contributed by atoms with Crippen molar-refractivity contribution < 1.29 is 4.79 Å². The van der Waals surface area contributed by atoms with Gasteiger partial charge in [0.25, 0.3) is 0 Å². The van der Waals surface area contributed by atoms with E-state index >= 15 is 0 Å². The van der Waals surface area contributed by atoms with E-state index in [1.54, 1.807) is 11.8 Å². The fraction of sp³-hybridized carbons (Fsp3) is 0.929. The van der Waals surface area contributed by atoms with Crippen molar-refractivity contribution in [1.82, 2.24) is 10.6 Å². The van der Waals surface area contributed by atoms with Crippen molar-refractivity contribution in [2.75, 3.05) is 19.1 Å². The third-order valence-corrected chi connectivity index (χ3v) is 4.80. The Morgan fingerprint density at radius 2 is 2.00 bits per heavy atom. The van der Waals surface area contributed by atoms with Crippen molar-refractivity contribution >= 4 is 17.7 Å². The second kappa shape index (κ2) is 8.05. The summed E-state index contributed by atoms with van der Waals surface area (Å²) in [7, 11) is 2.00. The molecule has 0 heterocycles. The van der Waals surface area contributed by atoms with Gasteiger partial charge in [0.1, 0.15) is 0 Å². The van der Waals surface area contributed by atoms with Crippen molar-refractivity contribution in [1.29, 1.82) is 0 Å². The molecule has 0 saturated heterocycles. The van der Waals surface area contributed by atoms with Gasteiger partial charge in [-0.15, -0.1) is 0 Å². The summed E-state index contributed by atoms with van der Waals surface area (Å²) < 4.78 is 0. The third kappa shape index (κ3) is 4.81. The Bertz CT molecular complexity index is 252. The monoisotopic (exact) mass is 272 g/mol. The van der Waals surface area contributed by atoms with Crippen LogP contribution in [0.4, 0.5) is 0 Å². The summed E-state index contributed by atoms with van der Waals surface area (Å²) in [5.41, 5.74) is 0.0555. The van der Waals surface area contributed by atoms with E-state index in [0.29, 0.717) is 12.5 Å². The molecule has 1 aliphatic rings. The topological polar surface area (TPSA) is 41.1 Å². The lowest BCUT2D eigenvalue weighted by Gasteiger charge is -2.37. The highest BCUT2D eigenvalue weighted by atomic mass is 32.2. The molecule has 2 N–H and O–H groups in total. The zero-order valence-electron chi connectivity index (χ0n) is 12.1. The Balaban J connectivity index is 2.45. The Labute approximate surface area is 116 Å². The van der Waals surface area contributed by atoms with Gasteiger partial charge in [0.2, 0.25) is 5.91 Å². The molecule has 1 rings (SSSR count). The first kappa shape index (κ1) is 15.8. The number of hydrogen-bond donors (Lipinski definition) is 2. The van der Waals surface area contributed by atoms with Crippen LogP contribution in [0.2, 0.25) is 0 Å². The van der Waals surface area contributed by atoms with Crippen LogP contribution in [0.25, 0.3) is 0 Å². The highest BCUT2D eigenvalue weighted by Gasteiger charge is 2.32. The average Bonchev–Trinajstić information content (AvgIpc) is 2.39. The molecular formula is C14H28N2OS. The summed E-state index contributed by atoms with van der Waals surface area (Å²) in [4.78, 5) is 12.2. The van der Waals surface area contributed by atoms with Crippen LogP contribution in [0, 0.1) is 0 Å².